The van der Waals surface area contributed by atoms with E-state index in [-0.39, 0.29) is 5.56 Å². The number of benzene rings is 3. The van der Waals surface area contributed by atoms with Crippen LogP contribution in [0.15, 0.2) is 84.9 Å². The summed E-state index contributed by atoms with van der Waals surface area (Å²) >= 11 is 0. The molecule has 0 aliphatic rings. The highest BCUT2D eigenvalue weighted by atomic mass is 16.4. The Morgan fingerprint density at radius 3 is 2.32 bits per heavy atom. The number of anilines is 1. The van der Waals surface area contributed by atoms with Crippen molar-refractivity contribution in [3.63, 3.8) is 0 Å². The van der Waals surface area contributed by atoms with Gasteiger partial charge in [0.15, 0.2) is 0 Å². The second-order valence-electron chi connectivity index (χ2n) is 8.01. The standard InChI is InChI=1S/C27H25N3O4/c31-25(30-23(27(33)34)16-8-11-18-9-2-1-3-10-18)20-13-5-7-15-22(20)29-26(32)24-17-19-12-4-6-14-21(19)28-24/h1-7,9-10,12-15,17,23,28H,8,11,16H2,(H,29,32)(H,30,31)(H,33,34). The number of carbonyl (C=O) groups is 3. The summed E-state index contributed by atoms with van der Waals surface area (Å²) in [6.45, 7) is 0. The van der Waals surface area contributed by atoms with Crippen LogP contribution in [0.1, 0.15) is 39.3 Å². The number of hydrogen-bond donors (Lipinski definition) is 4. The third-order valence-corrected chi connectivity index (χ3v) is 5.60. The van der Waals surface area contributed by atoms with Gasteiger partial charge >= 0.3 is 5.97 Å². The normalized spacial score (nSPS) is 11.6. The molecular formula is C27H25N3O4. The Balaban J connectivity index is 1.43. The fourth-order valence-corrected chi connectivity index (χ4v) is 3.82. The third-order valence-electron chi connectivity index (χ3n) is 5.60. The van der Waals surface area contributed by atoms with E-state index in [1.54, 1.807) is 30.3 Å². The predicted molar refractivity (Wildman–Crippen MR) is 131 cm³/mol. The number of carbonyl (C=O) groups excluding carboxylic acids is 2. The first-order valence-corrected chi connectivity index (χ1v) is 11.1. The second-order valence-corrected chi connectivity index (χ2v) is 8.01. The summed E-state index contributed by atoms with van der Waals surface area (Å²) in [5.41, 5.74) is 2.81. The molecule has 2 amide bonds. The number of aromatic nitrogens is 1. The Kier molecular flexibility index (Phi) is 7.03. The number of para-hydroxylation sites is 2. The van der Waals surface area contributed by atoms with Gasteiger partial charge in [0.05, 0.1) is 11.3 Å². The molecule has 34 heavy (non-hydrogen) atoms. The molecule has 3 aromatic carbocycles. The van der Waals surface area contributed by atoms with Crippen molar-refractivity contribution in [2.75, 3.05) is 5.32 Å². The Hall–Kier alpha value is -4.39. The maximum absolute atomic E-state index is 12.9. The van der Waals surface area contributed by atoms with Crippen molar-refractivity contribution < 1.29 is 19.5 Å². The minimum absolute atomic E-state index is 0.196. The zero-order valence-corrected chi connectivity index (χ0v) is 18.5. The van der Waals surface area contributed by atoms with Gasteiger partial charge < -0.3 is 20.7 Å². The summed E-state index contributed by atoms with van der Waals surface area (Å²) in [6.07, 6.45) is 1.62. The topological polar surface area (TPSA) is 111 Å². The monoisotopic (exact) mass is 455 g/mol. The Labute approximate surface area is 196 Å². The van der Waals surface area contributed by atoms with Crippen LogP contribution in [0.4, 0.5) is 5.69 Å². The lowest BCUT2D eigenvalue weighted by Crippen LogP contribution is -2.41. The van der Waals surface area contributed by atoms with Crippen LogP contribution in [0, 0.1) is 0 Å². The van der Waals surface area contributed by atoms with Gasteiger partial charge in [-0.05, 0) is 49.1 Å². The molecular weight excluding hydrogens is 430 g/mol. The lowest BCUT2D eigenvalue weighted by Gasteiger charge is -2.16. The van der Waals surface area contributed by atoms with E-state index in [0.29, 0.717) is 24.2 Å². The number of aromatic amines is 1. The summed E-state index contributed by atoms with van der Waals surface area (Å²) in [5, 5.41) is 15.9. The van der Waals surface area contributed by atoms with Gasteiger partial charge in [-0.3, -0.25) is 9.59 Å². The summed E-state index contributed by atoms with van der Waals surface area (Å²) < 4.78 is 0. The zero-order chi connectivity index (χ0) is 23.9. The molecule has 0 spiro atoms. The first kappa shape index (κ1) is 22.8. The number of hydrogen-bond acceptors (Lipinski definition) is 3. The van der Waals surface area contributed by atoms with Crippen LogP contribution in [0.3, 0.4) is 0 Å². The minimum Gasteiger partial charge on any atom is -0.480 e. The van der Waals surface area contributed by atoms with Crippen LogP contribution >= 0.6 is 0 Å². The molecule has 4 rings (SSSR count). The molecule has 0 fully saturated rings. The van der Waals surface area contributed by atoms with E-state index in [0.717, 1.165) is 22.9 Å². The van der Waals surface area contributed by atoms with E-state index in [1.165, 1.54) is 0 Å². The summed E-state index contributed by atoms with van der Waals surface area (Å²) in [7, 11) is 0. The maximum atomic E-state index is 12.9. The molecule has 4 aromatic rings. The molecule has 7 heteroatoms. The highest BCUT2D eigenvalue weighted by Crippen LogP contribution is 2.19. The van der Waals surface area contributed by atoms with Gasteiger partial charge in [0.25, 0.3) is 11.8 Å². The van der Waals surface area contributed by atoms with Gasteiger partial charge in [-0.1, -0.05) is 60.7 Å². The van der Waals surface area contributed by atoms with Crippen molar-refractivity contribution in [3.05, 3.63) is 102 Å². The number of fused-ring (bicyclic) bond motifs is 1. The molecule has 0 saturated carbocycles. The van der Waals surface area contributed by atoms with E-state index < -0.39 is 23.8 Å². The van der Waals surface area contributed by atoms with E-state index in [9.17, 15) is 19.5 Å². The highest BCUT2D eigenvalue weighted by Gasteiger charge is 2.22. The van der Waals surface area contributed by atoms with Gasteiger partial charge in [0, 0.05) is 10.9 Å². The molecule has 1 heterocycles. The van der Waals surface area contributed by atoms with Crippen LogP contribution in [0.5, 0.6) is 0 Å². The van der Waals surface area contributed by atoms with Crippen LogP contribution in [-0.2, 0) is 11.2 Å². The van der Waals surface area contributed by atoms with Gasteiger partial charge in [0.1, 0.15) is 11.7 Å². The quantitative estimate of drug-likeness (QED) is 0.295. The fourth-order valence-electron chi connectivity index (χ4n) is 3.82. The molecule has 0 aliphatic carbocycles. The summed E-state index contributed by atoms with van der Waals surface area (Å²) in [4.78, 5) is 40.5. The molecule has 0 bridgehead atoms. The molecule has 172 valence electrons. The van der Waals surface area contributed by atoms with Crippen LogP contribution in [-0.4, -0.2) is 33.9 Å². The molecule has 0 saturated heterocycles. The lowest BCUT2D eigenvalue weighted by atomic mass is 10.0. The minimum atomic E-state index is -1.10. The van der Waals surface area contributed by atoms with Gasteiger partial charge in [-0.15, -0.1) is 0 Å². The second kappa shape index (κ2) is 10.5. The van der Waals surface area contributed by atoms with Crippen molar-refractivity contribution in [3.8, 4) is 0 Å². The Bertz CT molecular complexity index is 1280. The average Bonchev–Trinajstić information content (AvgIpc) is 3.29. The SMILES string of the molecule is O=C(Nc1ccccc1C(=O)NC(CCCc1ccccc1)C(=O)O)c1cc2ccccc2[nH]1. The summed E-state index contributed by atoms with van der Waals surface area (Å²) in [5.74, 6) is -2.05. The first-order valence-electron chi connectivity index (χ1n) is 11.1. The number of nitrogens with one attached hydrogen (secondary N) is 3. The molecule has 0 aliphatic heterocycles. The van der Waals surface area contributed by atoms with Gasteiger partial charge in [0.2, 0.25) is 0 Å². The number of aryl methyl sites for hydroxylation is 1. The number of carboxylic acid groups (broad SMARTS) is 1. The van der Waals surface area contributed by atoms with Crippen molar-refractivity contribution >= 4 is 34.4 Å². The van der Waals surface area contributed by atoms with E-state index in [1.807, 2.05) is 54.6 Å². The average molecular weight is 456 g/mol. The van der Waals surface area contributed by atoms with Gasteiger partial charge in [-0.25, -0.2) is 4.79 Å². The van der Waals surface area contributed by atoms with Crippen LogP contribution in [0.25, 0.3) is 10.9 Å². The van der Waals surface area contributed by atoms with E-state index >= 15 is 0 Å². The van der Waals surface area contributed by atoms with Crippen molar-refractivity contribution in [2.24, 2.45) is 0 Å². The van der Waals surface area contributed by atoms with Crippen molar-refractivity contribution in [1.82, 2.24) is 10.3 Å². The van der Waals surface area contributed by atoms with Crippen molar-refractivity contribution in [2.45, 2.75) is 25.3 Å². The molecule has 7 nitrogen and oxygen atoms in total. The highest BCUT2D eigenvalue weighted by molar-refractivity contribution is 6.10. The third kappa shape index (κ3) is 5.50. The Morgan fingerprint density at radius 1 is 0.853 bits per heavy atom. The molecule has 1 atom stereocenters. The van der Waals surface area contributed by atoms with Crippen molar-refractivity contribution in [1.29, 1.82) is 0 Å². The van der Waals surface area contributed by atoms with Crippen LogP contribution in [0.2, 0.25) is 0 Å². The molecule has 1 aromatic heterocycles. The molecule has 4 N–H and O–H groups in total. The number of aliphatic carboxylic acids is 1. The Morgan fingerprint density at radius 2 is 1.56 bits per heavy atom. The van der Waals surface area contributed by atoms with E-state index in [4.69, 9.17) is 0 Å². The molecule has 0 radical (unpaired) electrons. The number of carboxylic acids is 1. The predicted octanol–water partition coefficient (Wildman–Crippen LogP) is 4.63. The van der Waals surface area contributed by atoms with Gasteiger partial charge in [-0.2, -0.15) is 0 Å². The number of rotatable bonds is 9. The van der Waals surface area contributed by atoms with E-state index in [2.05, 4.69) is 15.6 Å². The maximum Gasteiger partial charge on any atom is 0.326 e. The largest absolute Gasteiger partial charge is 0.480 e. The number of amides is 2. The van der Waals surface area contributed by atoms with Crippen LogP contribution < -0.4 is 10.6 Å². The smallest absolute Gasteiger partial charge is 0.326 e. The first-order chi connectivity index (χ1) is 16.5. The zero-order valence-electron chi connectivity index (χ0n) is 18.5. The molecule has 1 unspecified atom stereocenters. The fraction of sp³-hybridized carbons (Fsp3) is 0.148. The number of H-pyrrole nitrogens is 1. The lowest BCUT2D eigenvalue weighted by molar-refractivity contribution is -0.139. The summed E-state index contributed by atoms with van der Waals surface area (Å²) in [6, 6.07) is 24.5.